The van der Waals surface area contributed by atoms with E-state index in [2.05, 4.69) is 11.0 Å². The molecule has 7 nitrogen and oxygen atoms in total. The van der Waals surface area contributed by atoms with E-state index in [4.69, 9.17) is 21.0 Å². The van der Waals surface area contributed by atoms with Gasteiger partial charge in [0.1, 0.15) is 17.2 Å². The van der Waals surface area contributed by atoms with E-state index in [1.54, 1.807) is 6.07 Å². The fraction of sp³-hybridized carbons (Fsp3) is 0.452. The lowest BCUT2D eigenvalue weighted by Crippen LogP contribution is -2.40. The van der Waals surface area contributed by atoms with Gasteiger partial charge in [0.25, 0.3) is 0 Å². The molecule has 2 heterocycles. The van der Waals surface area contributed by atoms with Crippen LogP contribution in [0.5, 0.6) is 0 Å². The number of carbonyl (C=O) groups is 1. The van der Waals surface area contributed by atoms with E-state index in [1.807, 2.05) is 42.5 Å². The van der Waals surface area contributed by atoms with Crippen LogP contribution in [0.3, 0.4) is 0 Å². The minimum atomic E-state index is -2.96. The SMILES string of the molecule is N#CC1(CC(=O)[C@@H]2CCCC[C@H]2c2oc(-c3ccccc3Cl)nc2-c2ccc(N3CCS(=O)(=O)CC3)cc2)CC1. The molecule has 0 radical (unpaired) electrons. The van der Waals surface area contributed by atoms with Gasteiger partial charge in [-0.1, -0.05) is 48.7 Å². The van der Waals surface area contributed by atoms with Crippen molar-refractivity contribution in [2.75, 3.05) is 29.5 Å². The Labute approximate surface area is 240 Å². The minimum Gasteiger partial charge on any atom is -0.440 e. The maximum absolute atomic E-state index is 13.6. The molecule has 0 N–H and O–H groups in total. The molecular formula is C31H32ClN3O4S. The van der Waals surface area contributed by atoms with Crippen LogP contribution in [-0.4, -0.2) is 43.8 Å². The van der Waals surface area contributed by atoms with Gasteiger partial charge in [-0.15, -0.1) is 0 Å². The van der Waals surface area contributed by atoms with Gasteiger partial charge in [-0.2, -0.15) is 5.26 Å². The number of ketones is 1. The van der Waals surface area contributed by atoms with E-state index in [1.165, 1.54) is 0 Å². The lowest BCUT2D eigenvalue weighted by molar-refractivity contribution is -0.125. The van der Waals surface area contributed by atoms with Crippen molar-refractivity contribution < 1.29 is 17.6 Å². The lowest BCUT2D eigenvalue weighted by Gasteiger charge is -2.30. The number of hydrogen-bond acceptors (Lipinski definition) is 7. The molecule has 0 bridgehead atoms. The van der Waals surface area contributed by atoms with E-state index in [0.717, 1.165) is 49.8 Å². The highest BCUT2D eigenvalue weighted by molar-refractivity contribution is 7.91. The molecule has 9 heteroatoms. The van der Waals surface area contributed by atoms with Gasteiger partial charge in [0.05, 0.1) is 33.6 Å². The second kappa shape index (κ2) is 10.7. The molecule has 6 rings (SSSR count). The molecule has 1 aromatic heterocycles. The third-order valence-corrected chi connectivity index (χ3v) is 10.7. The normalized spacial score (nSPS) is 23.4. The Bertz CT molecular complexity index is 1560. The predicted molar refractivity (Wildman–Crippen MR) is 155 cm³/mol. The average molecular weight is 578 g/mol. The first-order chi connectivity index (χ1) is 19.3. The number of rotatable bonds is 7. The molecule has 40 heavy (non-hydrogen) atoms. The van der Waals surface area contributed by atoms with Gasteiger partial charge >= 0.3 is 0 Å². The number of nitriles is 1. The van der Waals surface area contributed by atoms with Crippen LogP contribution in [0.15, 0.2) is 52.9 Å². The van der Waals surface area contributed by atoms with Gasteiger partial charge in [-0.25, -0.2) is 13.4 Å². The van der Waals surface area contributed by atoms with Crippen molar-refractivity contribution in [3.63, 3.8) is 0 Å². The highest BCUT2D eigenvalue weighted by atomic mass is 35.5. The second-order valence-electron chi connectivity index (χ2n) is 11.4. The molecule has 3 fully saturated rings. The zero-order valence-electron chi connectivity index (χ0n) is 22.3. The average Bonchev–Trinajstić information content (AvgIpc) is 3.60. The predicted octanol–water partition coefficient (Wildman–Crippen LogP) is 6.43. The van der Waals surface area contributed by atoms with Gasteiger partial charge in [0, 0.05) is 42.6 Å². The number of nitrogens with zero attached hydrogens (tertiary/aromatic N) is 3. The molecule has 0 unspecified atom stereocenters. The Hall–Kier alpha value is -3.15. The van der Waals surface area contributed by atoms with Crippen LogP contribution in [0.1, 0.15) is 56.6 Å². The third kappa shape index (κ3) is 5.42. The summed E-state index contributed by atoms with van der Waals surface area (Å²) in [5.41, 5.74) is 2.76. The van der Waals surface area contributed by atoms with Crippen LogP contribution in [-0.2, 0) is 14.6 Å². The zero-order valence-corrected chi connectivity index (χ0v) is 23.9. The number of Topliss-reactive ketones (excluding diaryl/α,β-unsaturated/α-hetero) is 1. The third-order valence-electron chi connectivity index (χ3n) is 8.73. The van der Waals surface area contributed by atoms with Crippen LogP contribution in [0.2, 0.25) is 5.02 Å². The largest absolute Gasteiger partial charge is 0.440 e. The summed E-state index contributed by atoms with van der Waals surface area (Å²) in [6.45, 7) is 0.952. The number of sulfone groups is 1. The fourth-order valence-electron chi connectivity index (χ4n) is 6.11. The number of hydrogen-bond donors (Lipinski definition) is 0. The van der Waals surface area contributed by atoms with Crippen molar-refractivity contribution in [3.8, 4) is 28.8 Å². The summed E-state index contributed by atoms with van der Waals surface area (Å²) in [4.78, 5) is 20.6. The van der Waals surface area contributed by atoms with Crippen molar-refractivity contribution in [2.24, 2.45) is 11.3 Å². The number of anilines is 1. The maximum atomic E-state index is 13.6. The molecule has 0 amide bonds. The van der Waals surface area contributed by atoms with Gasteiger partial charge in [-0.05, 0) is 49.9 Å². The smallest absolute Gasteiger partial charge is 0.228 e. The summed E-state index contributed by atoms with van der Waals surface area (Å²) in [7, 11) is -2.96. The first-order valence-electron chi connectivity index (χ1n) is 14.0. The van der Waals surface area contributed by atoms with Gasteiger partial charge < -0.3 is 9.32 Å². The number of halogens is 1. The summed E-state index contributed by atoms with van der Waals surface area (Å²) in [6.07, 6.45) is 5.48. The Morgan fingerprint density at radius 2 is 1.77 bits per heavy atom. The molecular weight excluding hydrogens is 546 g/mol. The van der Waals surface area contributed by atoms with Crippen LogP contribution in [0.25, 0.3) is 22.7 Å². The summed E-state index contributed by atoms with van der Waals surface area (Å²) >= 11 is 6.52. The second-order valence-corrected chi connectivity index (χ2v) is 14.1. The van der Waals surface area contributed by atoms with Gasteiger partial charge in [-0.3, -0.25) is 4.79 Å². The lowest BCUT2D eigenvalue weighted by atomic mass is 9.73. The Morgan fingerprint density at radius 1 is 1.07 bits per heavy atom. The number of carbonyl (C=O) groups excluding carboxylic acids is 1. The highest BCUT2D eigenvalue weighted by Crippen LogP contribution is 2.51. The van der Waals surface area contributed by atoms with Crippen molar-refractivity contribution in [1.82, 2.24) is 4.98 Å². The number of benzene rings is 2. The zero-order chi connectivity index (χ0) is 27.9. The highest BCUT2D eigenvalue weighted by Gasteiger charge is 2.47. The van der Waals surface area contributed by atoms with E-state index in [-0.39, 0.29) is 29.1 Å². The van der Waals surface area contributed by atoms with Crippen molar-refractivity contribution in [2.45, 2.75) is 50.9 Å². The molecule has 3 aromatic rings. The van der Waals surface area contributed by atoms with Crippen LogP contribution in [0.4, 0.5) is 5.69 Å². The molecule has 0 spiro atoms. The standard InChI is InChI=1S/C31H32ClN3O4S/c32-26-8-4-3-7-25(26)30-34-28(21-9-11-22(12-10-21)35-15-17-40(37,38)18-16-35)29(39-30)24-6-2-1-5-23(24)27(36)19-31(20-33)13-14-31/h3-4,7-12,23-24H,1-2,5-6,13-19H2/t23-,24-/m1/s1. The first kappa shape index (κ1) is 27.0. The summed E-state index contributed by atoms with van der Waals surface area (Å²) in [6, 6.07) is 17.8. The molecule has 2 atom stereocenters. The van der Waals surface area contributed by atoms with Crippen molar-refractivity contribution >= 4 is 32.9 Å². The van der Waals surface area contributed by atoms with Crippen LogP contribution in [0, 0.1) is 22.7 Å². The quantitative estimate of drug-likeness (QED) is 0.318. The number of oxazole rings is 1. The number of aromatic nitrogens is 1. The Balaban J connectivity index is 1.36. The summed E-state index contributed by atoms with van der Waals surface area (Å²) < 4.78 is 30.3. The monoisotopic (exact) mass is 577 g/mol. The summed E-state index contributed by atoms with van der Waals surface area (Å²) in [5.74, 6) is 1.27. The molecule has 2 aromatic carbocycles. The van der Waals surface area contributed by atoms with Gasteiger partial charge in [0.2, 0.25) is 5.89 Å². The van der Waals surface area contributed by atoms with E-state index >= 15 is 0 Å². The van der Waals surface area contributed by atoms with Crippen LogP contribution >= 0.6 is 11.6 Å². The topological polar surface area (TPSA) is 104 Å². The Kier molecular flexibility index (Phi) is 7.22. The molecule has 3 aliphatic rings. The molecule has 1 aliphatic heterocycles. The molecule has 1 saturated heterocycles. The fourth-order valence-corrected chi connectivity index (χ4v) is 7.53. The minimum absolute atomic E-state index is 0.124. The van der Waals surface area contributed by atoms with Crippen molar-refractivity contribution in [1.29, 1.82) is 5.26 Å². The van der Waals surface area contributed by atoms with E-state index < -0.39 is 15.3 Å². The van der Waals surface area contributed by atoms with E-state index in [0.29, 0.717) is 47.4 Å². The van der Waals surface area contributed by atoms with E-state index in [9.17, 15) is 18.5 Å². The maximum Gasteiger partial charge on any atom is 0.228 e. The molecule has 2 aliphatic carbocycles. The van der Waals surface area contributed by atoms with Crippen molar-refractivity contribution in [3.05, 3.63) is 59.3 Å². The van der Waals surface area contributed by atoms with Crippen LogP contribution < -0.4 is 4.90 Å². The molecule has 2 saturated carbocycles. The van der Waals surface area contributed by atoms with Gasteiger partial charge in [0.15, 0.2) is 9.84 Å². The molecule has 208 valence electrons. The summed E-state index contributed by atoms with van der Waals surface area (Å²) in [5, 5.41) is 10.1. The Morgan fingerprint density at radius 3 is 2.45 bits per heavy atom. The first-order valence-corrected chi connectivity index (χ1v) is 16.2.